The molecule has 1 unspecified atom stereocenters. The molecule has 0 bridgehead atoms. The van der Waals surface area contributed by atoms with Gasteiger partial charge < -0.3 is 9.61 Å². The average Bonchev–Trinajstić information content (AvgIpc) is 2.92. The van der Waals surface area contributed by atoms with Crippen molar-refractivity contribution in [2.45, 2.75) is 20.0 Å². The first-order valence-corrected chi connectivity index (χ1v) is 8.92. The van der Waals surface area contributed by atoms with Crippen molar-refractivity contribution in [2.24, 2.45) is 0 Å². The lowest BCUT2D eigenvalue weighted by molar-refractivity contribution is 0.246. The summed E-state index contributed by atoms with van der Waals surface area (Å²) in [4.78, 5) is 1.10. The molecule has 0 spiro atoms. The lowest BCUT2D eigenvalue weighted by Gasteiger charge is -2.21. The van der Waals surface area contributed by atoms with Crippen LogP contribution in [-0.2, 0) is 9.09 Å². The van der Waals surface area contributed by atoms with Gasteiger partial charge in [-0.05, 0) is 43.5 Å². The summed E-state index contributed by atoms with van der Waals surface area (Å²) in [6.45, 7) is 3.75. The molecule has 20 heavy (non-hydrogen) atoms. The van der Waals surface area contributed by atoms with E-state index in [-0.39, 0.29) is 6.10 Å². The van der Waals surface area contributed by atoms with Crippen LogP contribution in [0.1, 0.15) is 18.7 Å². The lowest BCUT2D eigenvalue weighted by Crippen LogP contribution is -2.19. The van der Waals surface area contributed by atoms with E-state index in [1.807, 2.05) is 67.8 Å². The Labute approximate surface area is 123 Å². The van der Waals surface area contributed by atoms with Crippen LogP contribution < -0.4 is 10.4 Å². The molecule has 106 valence electrons. The van der Waals surface area contributed by atoms with Crippen molar-refractivity contribution in [1.29, 1.82) is 0 Å². The number of benzene rings is 1. The second-order valence-corrected chi connectivity index (χ2v) is 7.59. The van der Waals surface area contributed by atoms with Gasteiger partial charge in [0, 0.05) is 11.1 Å². The summed E-state index contributed by atoms with van der Waals surface area (Å²) >= 11 is 1.63. The molecule has 1 N–H and O–H groups in total. The molecule has 0 radical (unpaired) electrons. The highest BCUT2D eigenvalue weighted by Gasteiger charge is 2.25. The van der Waals surface area contributed by atoms with Gasteiger partial charge in [-0.3, -0.25) is 4.57 Å². The zero-order chi connectivity index (χ0) is 14.4. The Kier molecular flexibility index (Phi) is 5.18. The van der Waals surface area contributed by atoms with Crippen LogP contribution in [0.3, 0.4) is 0 Å². The van der Waals surface area contributed by atoms with Gasteiger partial charge in [-0.15, -0.1) is 11.3 Å². The Bertz CT molecular complexity index is 594. The number of thiophene rings is 1. The van der Waals surface area contributed by atoms with Crippen LogP contribution in [0.25, 0.3) is 6.08 Å². The van der Waals surface area contributed by atoms with Crippen molar-refractivity contribution >= 4 is 30.2 Å². The van der Waals surface area contributed by atoms with Gasteiger partial charge in [0.15, 0.2) is 0 Å². The first kappa shape index (κ1) is 15.0. The van der Waals surface area contributed by atoms with Crippen molar-refractivity contribution in [3.8, 4) is 0 Å². The standard InChI is InChI=1S/C15H18NO2PS/c1-13(2)18-19(17,14-7-4-3-5-8-14)16-11-10-15-9-6-12-20-15/h3-13H,1-2H3,(H,16,17). The maximum Gasteiger partial charge on any atom is 0.323 e. The van der Waals surface area contributed by atoms with Crippen LogP contribution in [0.15, 0.2) is 54.0 Å². The first-order valence-electron chi connectivity index (χ1n) is 6.42. The van der Waals surface area contributed by atoms with Crippen LogP contribution >= 0.6 is 18.9 Å². The number of rotatable bonds is 6. The molecule has 2 rings (SSSR count). The molecule has 1 aromatic carbocycles. The van der Waals surface area contributed by atoms with Gasteiger partial charge in [0.05, 0.1) is 11.4 Å². The van der Waals surface area contributed by atoms with Gasteiger partial charge in [0.25, 0.3) is 0 Å². The summed E-state index contributed by atoms with van der Waals surface area (Å²) in [5, 5.41) is 5.61. The van der Waals surface area contributed by atoms with E-state index >= 15 is 0 Å². The molecule has 1 heterocycles. The zero-order valence-corrected chi connectivity index (χ0v) is 13.2. The topological polar surface area (TPSA) is 38.3 Å². The summed E-state index contributed by atoms with van der Waals surface area (Å²) in [6.07, 6.45) is 3.47. The van der Waals surface area contributed by atoms with Gasteiger partial charge >= 0.3 is 7.52 Å². The molecular weight excluding hydrogens is 289 g/mol. The van der Waals surface area contributed by atoms with E-state index in [0.29, 0.717) is 5.30 Å². The third kappa shape index (κ3) is 4.07. The third-order valence-corrected chi connectivity index (χ3v) is 5.51. The van der Waals surface area contributed by atoms with E-state index < -0.39 is 7.52 Å². The molecule has 0 fully saturated rings. The smallest absolute Gasteiger partial charge is 0.318 e. The van der Waals surface area contributed by atoms with E-state index in [2.05, 4.69) is 5.09 Å². The monoisotopic (exact) mass is 307 g/mol. The summed E-state index contributed by atoms with van der Waals surface area (Å²) in [6, 6.07) is 13.2. The van der Waals surface area contributed by atoms with Crippen LogP contribution in [0, 0.1) is 0 Å². The fourth-order valence-corrected chi connectivity index (χ4v) is 4.07. The van der Waals surface area contributed by atoms with E-state index in [1.165, 1.54) is 0 Å². The zero-order valence-electron chi connectivity index (χ0n) is 11.5. The van der Waals surface area contributed by atoms with E-state index in [4.69, 9.17) is 4.52 Å². The van der Waals surface area contributed by atoms with Gasteiger partial charge in [-0.25, -0.2) is 0 Å². The Balaban J connectivity index is 2.17. The van der Waals surface area contributed by atoms with Gasteiger partial charge in [-0.1, -0.05) is 24.3 Å². The molecule has 1 aromatic heterocycles. The molecule has 0 saturated carbocycles. The fraction of sp³-hybridized carbons (Fsp3) is 0.200. The number of nitrogens with one attached hydrogen (secondary N) is 1. The highest BCUT2D eigenvalue weighted by molar-refractivity contribution is 7.65. The van der Waals surface area contributed by atoms with Crippen molar-refractivity contribution < 1.29 is 9.09 Å². The van der Waals surface area contributed by atoms with Crippen LogP contribution in [0.5, 0.6) is 0 Å². The summed E-state index contributed by atoms with van der Waals surface area (Å²) in [5.74, 6) is 0. The SMILES string of the molecule is CC(C)OP(=O)(NC=Cc1cccs1)c1ccccc1. The van der Waals surface area contributed by atoms with Crippen LogP contribution in [-0.4, -0.2) is 6.10 Å². The molecule has 1 atom stereocenters. The maximum absolute atomic E-state index is 13.0. The summed E-state index contributed by atoms with van der Waals surface area (Å²) in [5.41, 5.74) is 0. The minimum Gasteiger partial charge on any atom is -0.318 e. The Morgan fingerprint density at radius 2 is 1.95 bits per heavy atom. The van der Waals surface area contributed by atoms with Crippen molar-refractivity contribution in [3.63, 3.8) is 0 Å². The molecule has 0 saturated heterocycles. The molecule has 0 aliphatic rings. The lowest BCUT2D eigenvalue weighted by atomic mass is 10.4. The Hall–Kier alpha value is -1.35. The van der Waals surface area contributed by atoms with Crippen molar-refractivity contribution in [1.82, 2.24) is 5.09 Å². The van der Waals surface area contributed by atoms with Crippen molar-refractivity contribution in [2.75, 3.05) is 0 Å². The van der Waals surface area contributed by atoms with Crippen molar-refractivity contribution in [3.05, 3.63) is 58.9 Å². The van der Waals surface area contributed by atoms with E-state index in [1.54, 1.807) is 17.5 Å². The number of hydrogen-bond acceptors (Lipinski definition) is 3. The summed E-state index contributed by atoms with van der Waals surface area (Å²) in [7, 11) is -3.08. The largest absolute Gasteiger partial charge is 0.323 e. The highest BCUT2D eigenvalue weighted by atomic mass is 32.1. The summed E-state index contributed by atoms with van der Waals surface area (Å²) < 4.78 is 18.6. The third-order valence-electron chi connectivity index (χ3n) is 2.49. The predicted octanol–water partition coefficient (Wildman–Crippen LogP) is 4.25. The highest BCUT2D eigenvalue weighted by Crippen LogP contribution is 2.42. The number of hydrogen-bond donors (Lipinski definition) is 1. The first-order chi connectivity index (χ1) is 9.60. The molecular formula is C15H18NO2PS. The van der Waals surface area contributed by atoms with E-state index in [9.17, 15) is 4.57 Å². The molecule has 3 nitrogen and oxygen atoms in total. The Morgan fingerprint density at radius 1 is 1.20 bits per heavy atom. The molecule has 5 heteroatoms. The van der Waals surface area contributed by atoms with Crippen LogP contribution in [0.2, 0.25) is 0 Å². The molecule has 0 aliphatic carbocycles. The second-order valence-electron chi connectivity index (χ2n) is 4.52. The Morgan fingerprint density at radius 3 is 2.55 bits per heavy atom. The molecule has 0 aliphatic heterocycles. The van der Waals surface area contributed by atoms with E-state index in [0.717, 1.165) is 4.88 Å². The minimum absolute atomic E-state index is 0.122. The average molecular weight is 307 g/mol. The fourth-order valence-electron chi connectivity index (χ4n) is 1.69. The second kappa shape index (κ2) is 6.89. The van der Waals surface area contributed by atoms with Gasteiger partial charge in [0.1, 0.15) is 0 Å². The molecule has 0 amide bonds. The van der Waals surface area contributed by atoms with Crippen LogP contribution in [0.4, 0.5) is 0 Å². The predicted molar refractivity (Wildman–Crippen MR) is 86.4 cm³/mol. The minimum atomic E-state index is -3.08. The van der Waals surface area contributed by atoms with Gasteiger partial charge in [0.2, 0.25) is 0 Å². The normalized spacial score (nSPS) is 14.6. The quantitative estimate of drug-likeness (QED) is 0.811. The molecule has 2 aromatic rings. The van der Waals surface area contributed by atoms with Gasteiger partial charge in [-0.2, -0.15) is 0 Å². The maximum atomic E-state index is 13.0.